The number of hydrogen-bond donors (Lipinski definition) is 9. The first-order valence-electron chi connectivity index (χ1n) is 15.7. The van der Waals surface area contributed by atoms with Gasteiger partial charge in [-0.15, -0.1) is 0 Å². The Morgan fingerprint density at radius 3 is 2.08 bits per heavy atom. The lowest BCUT2D eigenvalue weighted by atomic mass is 10.0. The molecule has 0 aromatic heterocycles. The molecule has 1 aromatic rings. The lowest BCUT2D eigenvalue weighted by molar-refractivity contribution is -0.142. The molecule has 0 unspecified atom stereocenters. The molecule has 0 aliphatic rings. The number of rotatable bonds is 21. The number of phenolic OH excluding ortho intramolecular Hbond substituents is 1. The molecule has 0 radical (unpaired) electrons. The van der Waals surface area contributed by atoms with Crippen LogP contribution in [0.1, 0.15) is 58.4 Å². The number of aromatic hydroxyl groups is 1. The number of carboxylic acids is 1. The van der Waals surface area contributed by atoms with Gasteiger partial charge in [0.25, 0.3) is 0 Å². The van der Waals surface area contributed by atoms with Crippen molar-refractivity contribution >= 4 is 41.5 Å². The third kappa shape index (κ3) is 16.1. The van der Waals surface area contributed by atoms with Crippen molar-refractivity contribution in [1.29, 1.82) is 0 Å². The average molecular weight is 678 g/mol. The van der Waals surface area contributed by atoms with E-state index in [4.69, 9.17) is 17.2 Å². The molecule has 0 aliphatic heterocycles. The zero-order valence-electron chi connectivity index (χ0n) is 28.0. The number of carbonyl (C=O) groups is 6. The van der Waals surface area contributed by atoms with Crippen molar-refractivity contribution in [3.8, 4) is 5.75 Å². The molecule has 0 aliphatic carbocycles. The molecule has 17 nitrogen and oxygen atoms in total. The lowest BCUT2D eigenvalue weighted by Crippen LogP contribution is -2.56. The number of phenols is 1. The van der Waals surface area contributed by atoms with Crippen LogP contribution in [0, 0.1) is 5.92 Å². The fourth-order valence-corrected chi connectivity index (χ4v) is 4.57. The summed E-state index contributed by atoms with van der Waals surface area (Å²) in [5, 5.41) is 29.5. The monoisotopic (exact) mass is 677 g/mol. The number of amides is 5. The molecule has 48 heavy (non-hydrogen) atoms. The number of aliphatic imine (C=N–C) groups is 1. The van der Waals surface area contributed by atoms with Gasteiger partial charge in [-0.1, -0.05) is 26.0 Å². The van der Waals surface area contributed by atoms with Crippen LogP contribution in [-0.2, 0) is 35.2 Å². The van der Waals surface area contributed by atoms with Crippen LogP contribution in [0.5, 0.6) is 5.75 Å². The molecule has 5 amide bonds. The van der Waals surface area contributed by atoms with Crippen LogP contribution < -0.4 is 38.5 Å². The number of hydrogen-bond acceptors (Lipinski definition) is 9. The van der Waals surface area contributed by atoms with Gasteiger partial charge >= 0.3 is 5.97 Å². The summed E-state index contributed by atoms with van der Waals surface area (Å²) < 4.78 is 0. The van der Waals surface area contributed by atoms with Crippen molar-refractivity contribution in [3.05, 3.63) is 29.8 Å². The number of carbonyl (C=O) groups excluding carboxylic acids is 5. The SMILES string of the molecule is CC(=O)NCCCC[C@H](NC(=O)[C@@H](N)CCCN=C(N)N)C(=O)N(C)CC(=O)N[C@H](C(=O)N[C@@H](Cc1ccc(O)cc1)C(=O)O)C(C)C. The smallest absolute Gasteiger partial charge is 0.326 e. The first kappa shape index (κ1) is 41.1. The van der Waals surface area contributed by atoms with Gasteiger partial charge < -0.3 is 53.6 Å². The maximum atomic E-state index is 13.4. The van der Waals surface area contributed by atoms with Crippen LogP contribution >= 0.6 is 0 Å². The fourth-order valence-electron chi connectivity index (χ4n) is 4.57. The second kappa shape index (κ2) is 21.0. The Balaban J connectivity index is 2.91. The quantitative estimate of drug-likeness (QED) is 0.0400. The zero-order chi connectivity index (χ0) is 36.4. The van der Waals surface area contributed by atoms with E-state index in [2.05, 4.69) is 26.3 Å². The molecular weight excluding hydrogens is 626 g/mol. The molecule has 17 heteroatoms. The van der Waals surface area contributed by atoms with E-state index in [-0.39, 0.29) is 43.4 Å². The van der Waals surface area contributed by atoms with Crippen LogP contribution in [0.2, 0.25) is 0 Å². The zero-order valence-corrected chi connectivity index (χ0v) is 28.0. The second-order valence-electron chi connectivity index (χ2n) is 11.8. The van der Waals surface area contributed by atoms with E-state index in [0.29, 0.717) is 31.4 Å². The Bertz CT molecular complexity index is 1270. The Morgan fingerprint density at radius 2 is 1.52 bits per heavy atom. The van der Waals surface area contributed by atoms with E-state index in [0.717, 1.165) is 4.90 Å². The maximum absolute atomic E-state index is 13.4. The molecule has 0 saturated carbocycles. The fraction of sp³-hybridized carbons (Fsp3) is 0.581. The summed E-state index contributed by atoms with van der Waals surface area (Å²) in [5.41, 5.74) is 17.2. The van der Waals surface area contributed by atoms with E-state index >= 15 is 0 Å². The highest BCUT2D eigenvalue weighted by atomic mass is 16.4. The largest absolute Gasteiger partial charge is 0.508 e. The second-order valence-corrected chi connectivity index (χ2v) is 11.8. The number of guanidine groups is 1. The molecule has 0 saturated heterocycles. The summed E-state index contributed by atoms with van der Waals surface area (Å²) in [5.74, 6) is -4.55. The minimum absolute atomic E-state index is 0.0101. The highest BCUT2D eigenvalue weighted by Gasteiger charge is 2.31. The maximum Gasteiger partial charge on any atom is 0.326 e. The number of likely N-dealkylation sites (N-methyl/N-ethyl adjacent to an activating group) is 1. The summed E-state index contributed by atoms with van der Waals surface area (Å²) in [4.78, 5) is 80.4. The normalized spacial score (nSPS) is 13.3. The molecular formula is C31H51N9O8. The van der Waals surface area contributed by atoms with Crippen molar-refractivity contribution in [2.75, 3.05) is 26.7 Å². The Kier molecular flexibility index (Phi) is 18.0. The number of nitrogens with one attached hydrogen (secondary N) is 4. The van der Waals surface area contributed by atoms with E-state index < -0.39 is 66.2 Å². The molecule has 0 spiro atoms. The van der Waals surface area contributed by atoms with Gasteiger partial charge in [-0.25, -0.2) is 4.79 Å². The van der Waals surface area contributed by atoms with Crippen molar-refractivity contribution in [3.63, 3.8) is 0 Å². The molecule has 4 atom stereocenters. The third-order valence-corrected chi connectivity index (χ3v) is 7.23. The van der Waals surface area contributed by atoms with Gasteiger partial charge in [0.15, 0.2) is 5.96 Å². The average Bonchev–Trinajstić information content (AvgIpc) is 3.00. The van der Waals surface area contributed by atoms with Gasteiger partial charge in [0.05, 0.1) is 12.6 Å². The number of benzene rings is 1. The van der Waals surface area contributed by atoms with Gasteiger partial charge in [-0.3, -0.25) is 29.0 Å². The Labute approximate surface area is 280 Å². The van der Waals surface area contributed by atoms with Crippen molar-refractivity contribution < 1.29 is 39.0 Å². The van der Waals surface area contributed by atoms with Crippen LogP contribution in [-0.4, -0.2) is 107 Å². The summed E-state index contributed by atoms with van der Waals surface area (Å²) >= 11 is 0. The van der Waals surface area contributed by atoms with E-state index in [9.17, 15) is 39.0 Å². The van der Waals surface area contributed by atoms with Crippen molar-refractivity contribution in [2.24, 2.45) is 28.1 Å². The van der Waals surface area contributed by atoms with Crippen LogP contribution in [0.15, 0.2) is 29.3 Å². The van der Waals surface area contributed by atoms with E-state index in [1.807, 2.05) is 0 Å². The first-order valence-corrected chi connectivity index (χ1v) is 15.7. The van der Waals surface area contributed by atoms with E-state index in [1.54, 1.807) is 13.8 Å². The highest BCUT2D eigenvalue weighted by Crippen LogP contribution is 2.12. The standard InChI is InChI=1S/C31H51N9O8/c1-18(2)26(28(45)38-24(30(47)48)16-20-10-12-21(42)13-11-20)39-25(43)17-40(4)29(46)23(9-5-6-14-35-19(3)41)37-27(44)22(32)8-7-15-36-31(33)34/h10-13,18,22-24,26,42H,5-9,14-17,32H2,1-4H3,(H,35,41)(H,37,44)(H,38,45)(H,39,43)(H,47,48)(H4,33,34,36)/t22-,23-,24-,26-/m0/s1. The Hall–Kier alpha value is -4.93. The molecule has 0 fully saturated rings. The minimum Gasteiger partial charge on any atom is -0.508 e. The van der Waals surface area contributed by atoms with E-state index in [1.165, 1.54) is 38.2 Å². The molecule has 268 valence electrons. The predicted octanol–water partition coefficient (Wildman–Crippen LogP) is -1.72. The molecule has 1 aromatic carbocycles. The first-order chi connectivity index (χ1) is 22.5. The van der Waals surface area contributed by atoms with Crippen molar-refractivity contribution in [2.45, 2.75) is 83.5 Å². The van der Waals surface area contributed by atoms with Gasteiger partial charge in [-0.05, 0) is 55.7 Å². The number of carboxylic acid groups (broad SMARTS) is 1. The summed E-state index contributed by atoms with van der Waals surface area (Å²) in [6.45, 7) is 4.91. The molecule has 0 bridgehead atoms. The van der Waals surface area contributed by atoms with Gasteiger partial charge in [0.2, 0.25) is 29.5 Å². The van der Waals surface area contributed by atoms with Crippen LogP contribution in [0.3, 0.4) is 0 Å². The van der Waals surface area contributed by atoms with Crippen LogP contribution in [0.25, 0.3) is 0 Å². The Morgan fingerprint density at radius 1 is 0.896 bits per heavy atom. The van der Waals surface area contributed by atoms with Gasteiger partial charge in [-0.2, -0.15) is 0 Å². The summed E-state index contributed by atoms with van der Waals surface area (Å²) in [6, 6.07) is 1.46. The van der Waals surface area contributed by atoms with Gasteiger partial charge in [0, 0.05) is 33.5 Å². The molecule has 12 N–H and O–H groups in total. The molecule has 0 heterocycles. The van der Waals surface area contributed by atoms with Crippen molar-refractivity contribution in [1.82, 2.24) is 26.2 Å². The number of aliphatic carboxylic acids is 1. The predicted molar refractivity (Wildman–Crippen MR) is 178 cm³/mol. The molecule has 1 rings (SSSR count). The lowest BCUT2D eigenvalue weighted by Gasteiger charge is -2.27. The summed E-state index contributed by atoms with van der Waals surface area (Å²) in [7, 11) is 1.37. The topological polar surface area (TPSA) is 285 Å². The number of nitrogens with two attached hydrogens (primary N) is 3. The van der Waals surface area contributed by atoms with Crippen LogP contribution in [0.4, 0.5) is 0 Å². The third-order valence-electron chi connectivity index (χ3n) is 7.23. The number of nitrogens with zero attached hydrogens (tertiary/aromatic N) is 2. The highest BCUT2D eigenvalue weighted by molar-refractivity contribution is 5.94. The minimum atomic E-state index is -1.31. The van der Waals surface area contributed by atoms with Gasteiger partial charge in [0.1, 0.15) is 23.9 Å². The number of unbranched alkanes of at least 4 members (excludes halogenated alkanes) is 1. The summed E-state index contributed by atoms with van der Waals surface area (Å²) in [6.07, 6.45) is 1.81.